The summed E-state index contributed by atoms with van der Waals surface area (Å²) in [7, 11) is 0. The van der Waals surface area contributed by atoms with E-state index < -0.39 is 0 Å². The number of hydrogen-bond donors (Lipinski definition) is 0. The Morgan fingerprint density at radius 1 is 1.30 bits per heavy atom. The van der Waals surface area contributed by atoms with Crippen molar-refractivity contribution in [3.05, 3.63) is 59.3 Å². The van der Waals surface area contributed by atoms with Crippen molar-refractivity contribution in [2.75, 3.05) is 0 Å². The molecule has 1 amide bonds. The van der Waals surface area contributed by atoms with Crippen LogP contribution in [0, 0.1) is 12.7 Å². The first kappa shape index (κ1) is 12.9. The van der Waals surface area contributed by atoms with Crippen molar-refractivity contribution in [1.29, 1.82) is 0 Å². The molecular weight excluding hydrogens is 257 g/mol. The van der Waals surface area contributed by atoms with Crippen molar-refractivity contribution in [3.63, 3.8) is 0 Å². The van der Waals surface area contributed by atoms with Crippen LogP contribution in [0.3, 0.4) is 0 Å². The van der Waals surface area contributed by atoms with Crippen LogP contribution < -0.4 is 0 Å². The van der Waals surface area contributed by atoms with Crippen molar-refractivity contribution in [2.24, 2.45) is 0 Å². The van der Waals surface area contributed by atoms with E-state index in [4.69, 9.17) is 4.42 Å². The minimum atomic E-state index is -0.260. The predicted molar refractivity (Wildman–Crippen MR) is 72.7 cm³/mol. The number of carbonyl (C=O) groups is 1. The molecule has 3 rings (SSSR count). The highest BCUT2D eigenvalue weighted by atomic mass is 19.1. The van der Waals surface area contributed by atoms with Gasteiger partial charge in [0.2, 0.25) is 0 Å². The Morgan fingerprint density at radius 3 is 2.55 bits per heavy atom. The van der Waals surface area contributed by atoms with Gasteiger partial charge in [-0.2, -0.15) is 0 Å². The minimum Gasteiger partial charge on any atom is -0.469 e. The Labute approximate surface area is 117 Å². The van der Waals surface area contributed by atoms with Crippen LogP contribution in [0.15, 0.2) is 41.0 Å². The van der Waals surface area contributed by atoms with Crippen molar-refractivity contribution in [1.82, 2.24) is 4.90 Å². The molecule has 3 nitrogen and oxygen atoms in total. The molecule has 104 valence electrons. The fraction of sp³-hybridized carbons (Fsp3) is 0.312. The second-order valence-electron chi connectivity index (χ2n) is 5.18. The first-order chi connectivity index (χ1) is 9.65. The second-order valence-corrected chi connectivity index (χ2v) is 5.18. The molecular formula is C16H16FNO2. The summed E-state index contributed by atoms with van der Waals surface area (Å²) in [5, 5.41) is 0. The maximum Gasteiger partial charge on any atom is 0.257 e. The van der Waals surface area contributed by atoms with Crippen molar-refractivity contribution >= 4 is 5.91 Å². The molecule has 0 unspecified atom stereocenters. The van der Waals surface area contributed by atoms with Gasteiger partial charge in [-0.15, -0.1) is 0 Å². The Hall–Kier alpha value is -2.10. The standard InChI is InChI=1S/C16H16FNO2/c1-11-15(8-9-20-11)16(19)18(14-6-7-14)10-12-2-4-13(17)5-3-12/h2-5,8-9,14H,6-7,10H2,1H3. The number of furan rings is 1. The van der Waals surface area contributed by atoms with E-state index in [0.29, 0.717) is 23.9 Å². The molecule has 0 radical (unpaired) electrons. The van der Waals surface area contributed by atoms with Gasteiger partial charge in [0.15, 0.2) is 0 Å². The third-order valence-corrected chi connectivity index (χ3v) is 3.60. The summed E-state index contributed by atoms with van der Waals surface area (Å²) < 4.78 is 18.1. The average Bonchev–Trinajstić information content (AvgIpc) is 3.19. The fourth-order valence-corrected chi connectivity index (χ4v) is 2.30. The van der Waals surface area contributed by atoms with Gasteiger partial charge in [-0.3, -0.25) is 4.79 Å². The number of benzene rings is 1. The largest absolute Gasteiger partial charge is 0.469 e. The zero-order chi connectivity index (χ0) is 14.1. The zero-order valence-electron chi connectivity index (χ0n) is 11.3. The normalized spacial score (nSPS) is 14.3. The lowest BCUT2D eigenvalue weighted by Gasteiger charge is -2.22. The molecule has 4 heteroatoms. The molecule has 1 heterocycles. The molecule has 1 aromatic heterocycles. The SMILES string of the molecule is Cc1occc1C(=O)N(Cc1ccc(F)cc1)C1CC1. The maximum atomic E-state index is 12.9. The van der Waals surface area contributed by atoms with Crippen LogP contribution >= 0.6 is 0 Å². The molecule has 0 aliphatic heterocycles. The van der Waals surface area contributed by atoms with E-state index in [2.05, 4.69) is 0 Å². The fourth-order valence-electron chi connectivity index (χ4n) is 2.30. The van der Waals surface area contributed by atoms with Crippen molar-refractivity contribution in [3.8, 4) is 0 Å². The maximum absolute atomic E-state index is 12.9. The number of rotatable bonds is 4. The van der Waals surface area contributed by atoms with E-state index in [0.717, 1.165) is 18.4 Å². The highest BCUT2D eigenvalue weighted by molar-refractivity contribution is 5.95. The minimum absolute atomic E-state index is 0.0110. The van der Waals surface area contributed by atoms with Gasteiger partial charge in [0.1, 0.15) is 11.6 Å². The smallest absolute Gasteiger partial charge is 0.257 e. The summed E-state index contributed by atoms with van der Waals surface area (Å²) in [5.74, 6) is 0.367. The van der Waals surface area contributed by atoms with Crippen molar-refractivity contribution in [2.45, 2.75) is 32.4 Å². The summed E-state index contributed by atoms with van der Waals surface area (Å²) in [6.07, 6.45) is 3.60. The monoisotopic (exact) mass is 273 g/mol. The summed E-state index contributed by atoms with van der Waals surface area (Å²) in [4.78, 5) is 14.4. The average molecular weight is 273 g/mol. The Morgan fingerprint density at radius 2 is 2.00 bits per heavy atom. The van der Waals surface area contributed by atoms with E-state index in [1.807, 2.05) is 4.90 Å². The van der Waals surface area contributed by atoms with Gasteiger partial charge in [-0.05, 0) is 43.5 Å². The third kappa shape index (κ3) is 2.59. The van der Waals surface area contributed by atoms with Crippen LogP contribution in [0.1, 0.15) is 34.5 Å². The molecule has 20 heavy (non-hydrogen) atoms. The van der Waals surface area contributed by atoms with Gasteiger partial charge in [-0.25, -0.2) is 4.39 Å². The molecule has 0 saturated heterocycles. The molecule has 0 atom stereocenters. The molecule has 2 aromatic rings. The number of amides is 1. The van der Waals surface area contributed by atoms with E-state index >= 15 is 0 Å². The molecule has 0 bridgehead atoms. The van der Waals surface area contributed by atoms with E-state index in [-0.39, 0.29) is 11.7 Å². The lowest BCUT2D eigenvalue weighted by atomic mass is 10.1. The van der Waals surface area contributed by atoms with Gasteiger partial charge in [-0.1, -0.05) is 12.1 Å². The van der Waals surface area contributed by atoms with E-state index in [9.17, 15) is 9.18 Å². The molecule has 0 N–H and O–H groups in total. The second kappa shape index (κ2) is 5.12. The predicted octanol–water partition coefficient (Wildman–Crippen LogP) is 3.53. The Kier molecular flexibility index (Phi) is 3.30. The molecule has 1 fully saturated rings. The van der Waals surface area contributed by atoms with Gasteiger partial charge in [0.25, 0.3) is 5.91 Å². The number of halogens is 1. The first-order valence-electron chi connectivity index (χ1n) is 6.74. The van der Waals surface area contributed by atoms with E-state index in [1.165, 1.54) is 18.4 Å². The third-order valence-electron chi connectivity index (χ3n) is 3.60. The van der Waals surface area contributed by atoms with Gasteiger partial charge < -0.3 is 9.32 Å². The van der Waals surface area contributed by atoms with Gasteiger partial charge in [0.05, 0.1) is 11.8 Å². The quantitative estimate of drug-likeness (QED) is 0.853. The van der Waals surface area contributed by atoms with Crippen LogP contribution in [-0.4, -0.2) is 16.8 Å². The first-order valence-corrected chi connectivity index (χ1v) is 6.74. The number of aryl methyl sites for hydroxylation is 1. The summed E-state index contributed by atoms with van der Waals surface area (Å²) >= 11 is 0. The van der Waals surface area contributed by atoms with Crippen molar-refractivity contribution < 1.29 is 13.6 Å². The highest BCUT2D eigenvalue weighted by Crippen LogP contribution is 2.30. The van der Waals surface area contributed by atoms with Crippen LogP contribution in [0.2, 0.25) is 0 Å². The van der Waals surface area contributed by atoms with Crippen LogP contribution in [-0.2, 0) is 6.54 Å². The highest BCUT2D eigenvalue weighted by Gasteiger charge is 2.34. The molecule has 1 aliphatic rings. The molecule has 0 spiro atoms. The Balaban J connectivity index is 1.81. The molecule has 1 saturated carbocycles. The van der Waals surface area contributed by atoms with E-state index in [1.54, 1.807) is 25.1 Å². The number of carbonyl (C=O) groups excluding carboxylic acids is 1. The molecule has 1 aliphatic carbocycles. The molecule has 1 aromatic carbocycles. The summed E-state index contributed by atoms with van der Waals surface area (Å²) in [5.41, 5.74) is 1.55. The lowest BCUT2D eigenvalue weighted by molar-refractivity contribution is 0.0728. The number of hydrogen-bond acceptors (Lipinski definition) is 2. The lowest BCUT2D eigenvalue weighted by Crippen LogP contribution is -2.32. The topological polar surface area (TPSA) is 33.5 Å². The van der Waals surface area contributed by atoms with Gasteiger partial charge in [0, 0.05) is 12.6 Å². The van der Waals surface area contributed by atoms with Crippen LogP contribution in [0.25, 0.3) is 0 Å². The number of nitrogens with zero attached hydrogens (tertiary/aromatic N) is 1. The Bertz CT molecular complexity index is 614. The van der Waals surface area contributed by atoms with Gasteiger partial charge >= 0.3 is 0 Å². The summed E-state index contributed by atoms with van der Waals surface area (Å²) in [6, 6.07) is 8.29. The van der Waals surface area contributed by atoms with Crippen LogP contribution in [0.5, 0.6) is 0 Å². The zero-order valence-corrected chi connectivity index (χ0v) is 11.3. The van der Waals surface area contributed by atoms with Crippen LogP contribution in [0.4, 0.5) is 4.39 Å². The summed E-state index contributed by atoms with van der Waals surface area (Å²) in [6.45, 7) is 2.30.